The first-order chi connectivity index (χ1) is 17.3. The number of nitrogens with zero attached hydrogens (tertiary/aromatic N) is 3. The summed E-state index contributed by atoms with van der Waals surface area (Å²) >= 11 is 2.60. The van der Waals surface area contributed by atoms with Crippen molar-refractivity contribution in [2.45, 2.75) is 19.8 Å². The molecule has 2 aromatic carbocycles. The average Bonchev–Trinajstić information content (AvgIpc) is 3.56. The second kappa shape index (κ2) is 11.0. The summed E-state index contributed by atoms with van der Waals surface area (Å²) in [5, 5.41) is 10.7. The van der Waals surface area contributed by atoms with Crippen molar-refractivity contribution in [2.75, 3.05) is 18.9 Å². The average molecular weight is 527 g/mol. The zero-order valence-electron chi connectivity index (χ0n) is 19.9. The van der Waals surface area contributed by atoms with E-state index in [1.165, 1.54) is 57.3 Å². The number of hydrogen-bond acceptors (Lipinski definition) is 6. The zero-order valence-corrected chi connectivity index (χ0v) is 21.5. The lowest BCUT2D eigenvalue weighted by Crippen LogP contribution is -2.27. The highest BCUT2D eigenvalue weighted by molar-refractivity contribution is 7.15. The summed E-state index contributed by atoms with van der Waals surface area (Å²) in [5.74, 6) is -2.66. The SMILES string of the molecule is CCN(C)C(=O)c1ccc(-c2ccc([C@@H](c3cccc(F)c3)[C@@H](C)C(=O)Nc3nncs3)s2)cc1F. The summed E-state index contributed by atoms with van der Waals surface area (Å²) in [7, 11) is 1.62. The van der Waals surface area contributed by atoms with E-state index in [0.717, 1.165) is 9.75 Å². The van der Waals surface area contributed by atoms with E-state index in [1.807, 2.05) is 19.1 Å². The molecule has 2 heterocycles. The van der Waals surface area contributed by atoms with E-state index in [9.17, 15) is 18.4 Å². The highest BCUT2D eigenvalue weighted by Crippen LogP contribution is 2.40. The highest BCUT2D eigenvalue weighted by Gasteiger charge is 2.29. The Balaban J connectivity index is 1.66. The summed E-state index contributed by atoms with van der Waals surface area (Å²) in [6.07, 6.45) is 0. The van der Waals surface area contributed by atoms with E-state index in [4.69, 9.17) is 0 Å². The Labute approximate surface area is 215 Å². The van der Waals surface area contributed by atoms with Gasteiger partial charge in [-0.2, -0.15) is 0 Å². The molecule has 0 aliphatic rings. The van der Waals surface area contributed by atoms with Gasteiger partial charge in [0.15, 0.2) is 0 Å². The van der Waals surface area contributed by atoms with E-state index < -0.39 is 23.5 Å². The lowest BCUT2D eigenvalue weighted by Gasteiger charge is -2.22. The monoisotopic (exact) mass is 526 g/mol. The molecule has 4 rings (SSSR count). The largest absolute Gasteiger partial charge is 0.342 e. The predicted molar refractivity (Wildman–Crippen MR) is 138 cm³/mol. The van der Waals surface area contributed by atoms with Crippen molar-refractivity contribution in [3.8, 4) is 10.4 Å². The van der Waals surface area contributed by atoms with Gasteiger partial charge >= 0.3 is 0 Å². The molecule has 0 aliphatic heterocycles. The normalized spacial score (nSPS) is 12.7. The Morgan fingerprint density at radius 3 is 2.58 bits per heavy atom. The highest BCUT2D eigenvalue weighted by atomic mass is 32.1. The molecular weight excluding hydrogens is 502 g/mol. The van der Waals surface area contributed by atoms with Gasteiger partial charge in [0.05, 0.1) is 5.56 Å². The second-order valence-corrected chi connectivity index (χ2v) is 10.2. The van der Waals surface area contributed by atoms with Crippen LogP contribution in [0.1, 0.15) is 40.6 Å². The standard InChI is InChI=1S/C26H24F2N4O2S2/c1-4-32(3)25(34)19-9-8-16(13-20(19)28)21-10-11-22(36-21)23(17-6-5-7-18(27)12-17)15(2)24(33)30-26-31-29-14-35-26/h5-15,23H,4H2,1-3H3,(H,30,31,33)/t15-,23-/m1/s1. The molecule has 10 heteroatoms. The number of nitrogens with one attached hydrogen (secondary N) is 1. The Hall–Kier alpha value is -3.50. The van der Waals surface area contributed by atoms with E-state index in [2.05, 4.69) is 15.5 Å². The molecule has 0 fully saturated rings. The number of carbonyl (C=O) groups excluding carboxylic acids is 2. The van der Waals surface area contributed by atoms with Gasteiger partial charge in [-0.3, -0.25) is 9.59 Å². The lowest BCUT2D eigenvalue weighted by atomic mass is 9.85. The van der Waals surface area contributed by atoms with Gasteiger partial charge in [-0.25, -0.2) is 8.78 Å². The maximum atomic E-state index is 14.8. The van der Waals surface area contributed by atoms with Crippen molar-refractivity contribution in [3.05, 3.63) is 87.7 Å². The number of aromatic nitrogens is 2. The number of carbonyl (C=O) groups is 2. The van der Waals surface area contributed by atoms with Crippen LogP contribution in [-0.4, -0.2) is 40.5 Å². The third kappa shape index (κ3) is 5.50. The van der Waals surface area contributed by atoms with Gasteiger partial charge in [-0.1, -0.05) is 36.5 Å². The van der Waals surface area contributed by atoms with Crippen LogP contribution in [0.4, 0.5) is 13.9 Å². The molecule has 1 N–H and O–H groups in total. The minimum absolute atomic E-state index is 0.0134. The number of hydrogen-bond donors (Lipinski definition) is 1. The Bertz CT molecular complexity index is 1370. The third-order valence-electron chi connectivity index (χ3n) is 5.95. The number of amides is 2. The topological polar surface area (TPSA) is 75.2 Å². The van der Waals surface area contributed by atoms with E-state index in [1.54, 1.807) is 32.2 Å². The summed E-state index contributed by atoms with van der Waals surface area (Å²) < 4.78 is 29.0. The molecule has 0 radical (unpaired) electrons. The van der Waals surface area contributed by atoms with Gasteiger partial charge < -0.3 is 10.2 Å². The summed E-state index contributed by atoms with van der Waals surface area (Å²) in [6.45, 7) is 4.07. The van der Waals surface area contributed by atoms with Crippen molar-refractivity contribution >= 4 is 39.6 Å². The van der Waals surface area contributed by atoms with Crippen molar-refractivity contribution in [2.24, 2.45) is 5.92 Å². The van der Waals surface area contributed by atoms with Gasteiger partial charge in [-0.05, 0) is 54.4 Å². The van der Waals surface area contributed by atoms with Gasteiger partial charge in [0.2, 0.25) is 11.0 Å². The Kier molecular flexibility index (Phi) is 7.85. The molecule has 0 saturated heterocycles. The van der Waals surface area contributed by atoms with Crippen LogP contribution in [0.5, 0.6) is 0 Å². The summed E-state index contributed by atoms with van der Waals surface area (Å²) in [6, 6.07) is 14.4. The van der Waals surface area contributed by atoms with Crippen LogP contribution in [0.25, 0.3) is 10.4 Å². The Morgan fingerprint density at radius 1 is 1.11 bits per heavy atom. The fourth-order valence-corrected chi connectivity index (χ4v) is 5.55. The lowest BCUT2D eigenvalue weighted by molar-refractivity contribution is -0.119. The molecule has 0 unspecified atom stereocenters. The number of thiophene rings is 1. The molecule has 0 saturated carbocycles. The maximum Gasteiger partial charge on any atom is 0.256 e. The molecule has 186 valence electrons. The van der Waals surface area contributed by atoms with E-state index >= 15 is 0 Å². The molecule has 6 nitrogen and oxygen atoms in total. The van der Waals surface area contributed by atoms with Crippen molar-refractivity contribution < 1.29 is 18.4 Å². The summed E-state index contributed by atoms with van der Waals surface area (Å²) in [5.41, 5.74) is 2.80. The van der Waals surface area contributed by atoms with Crippen LogP contribution in [-0.2, 0) is 4.79 Å². The van der Waals surface area contributed by atoms with Crippen LogP contribution in [0, 0.1) is 17.6 Å². The molecule has 2 atom stereocenters. The smallest absolute Gasteiger partial charge is 0.256 e. The van der Waals surface area contributed by atoms with Gasteiger partial charge in [0.1, 0.15) is 17.1 Å². The predicted octanol–water partition coefficient (Wildman–Crippen LogP) is 6.04. The number of benzene rings is 2. The van der Waals surface area contributed by atoms with E-state index in [0.29, 0.717) is 22.8 Å². The van der Waals surface area contributed by atoms with Gasteiger partial charge in [0.25, 0.3) is 5.91 Å². The number of halogens is 2. The van der Waals surface area contributed by atoms with Gasteiger partial charge in [-0.15, -0.1) is 21.5 Å². The first-order valence-electron chi connectivity index (χ1n) is 11.3. The molecule has 0 bridgehead atoms. The quantitative estimate of drug-likeness (QED) is 0.304. The molecule has 0 aliphatic carbocycles. The first kappa shape index (κ1) is 25.6. The minimum atomic E-state index is -0.598. The van der Waals surface area contributed by atoms with Crippen molar-refractivity contribution in [1.29, 1.82) is 0 Å². The Morgan fingerprint density at radius 2 is 1.92 bits per heavy atom. The molecule has 2 amide bonds. The molecule has 0 spiro atoms. The minimum Gasteiger partial charge on any atom is -0.342 e. The van der Waals surface area contributed by atoms with Crippen LogP contribution in [0.3, 0.4) is 0 Å². The fourth-order valence-electron chi connectivity index (χ4n) is 3.86. The van der Waals surface area contributed by atoms with Crippen LogP contribution < -0.4 is 5.32 Å². The van der Waals surface area contributed by atoms with Crippen molar-refractivity contribution in [3.63, 3.8) is 0 Å². The van der Waals surface area contributed by atoms with Crippen LogP contribution >= 0.6 is 22.7 Å². The van der Waals surface area contributed by atoms with Gasteiger partial charge in [0, 0.05) is 35.2 Å². The fraction of sp³-hybridized carbons (Fsp3) is 0.231. The van der Waals surface area contributed by atoms with E-state index in [-0.39, 0.29) is 17.4 Å². The third-order valence-corrected chi connectivity index (χ3v) is 7.77. The van der Waals surface area contributed by atoms with Crippen molar-refractivity contribution in [1.82, 2.24) is 15.1 Å². The summed E-state index contributed by atoms with van der Waals surface area (Å²) in [4.78, 5) is 28.5. The first-order valence-corrected chi connectivity index (χ1v) is 13.0. The molecule has 36 heavy (non-hydrogen) atoms. The number of anilines is 1. The van der Waals surface area contributed by atoms with Crippen LogP contribution in [0.15, 0.2) is 60.1 Å². The zero-order chi connectivity index (χ0) is 25.8. The molecular formula is C26H24F2N4O2S2. The second-order valence-electron chi connectivity index (χ2n) is 8.27. The number of rotatable bonds is 8. The van der Waals surface area contributed by atoms with Crippen LogP contribution in [0.2, 0.25) is 0 Å². The maximum absolute atomic E-state index is 14.8. The molecule has 2 aromatic heterocycles. The molecule has 4 aromatic rings.